The molecule has 3 atom stereocenters. The van der Waals surface area contributed by atoms with E-state index in [1.165, 1.54) is 5.56 Å². The summed E-state index contributed by atoms with van der Waals surface area (Å²) >= 11 is 0. The largest absolute Gasteiger partial charge is 0.489 e. The van der Waals surface area contributed by atoms with Crippen molar-refractivity contribution < 1.29 is 14.3 Å². The van der Waals surface area contributed by atoms with Crippen LogP contribution in [0.2, 0.25) is 0 Å². The van der Waals surface area contributed by atoms with Gasteiger partial charge in [-0.1, -0.05) is 36.8 Å². The van der Waals surface area contributed by atoms with Gasteiger partial charge < -0.3 is 19.9 Å². The van der Waals surface area contributed by atoms with E-state index in [9.17, 15) is 9.59 Å². The van der Waals surface area contributed by atoms with Crippen LogP contribution in [-0.2, 0) is 18.3 Å². The van der Waals surface area contributed by atoms with Crippen molar-refractivity contribution in [1.82, 2.24) is 14.5 Å². The number of primary amides is 1. The van der Waals surface area contributed by atoms with Gasteiger partial charge in [0.05, 0.1) is 24.0 Å². The molecular weight excluding hydrogens is 428 g/mol. The van der Waals surface area contributed by atoms with Crippen LogP contribution in [-0.4, -0.2) is 45.0 Å². The van der Waals surface area contributed by atoms with Crippen LogP contribution in [0, 0.1) is 12.8 Å². The number of aryl methyl sites for hydroxylation is 2. The third-order valence-electron chi connectivity index (χ3n) is 6.55. The number of hydrogen-bond acceptors (Lipinski definition) is 4. The number of piperidine rings is 1. The quantitative estimate of drug-likeness (QED) is 0.607. The third kappa shape index (κ3) is 5.14. The van der Waals surface area contributed by atoms with Crippen LogP contribution in [0.1, 0.15) is 41.8 Å². The zero-order valence-electron chi connectivity index (χ0n) is 20.2. The first kappa shape index (κ1) is 23.5. The SMILES string of the molecule is Cc1ccc(CC(=O)N2C[C@H](C)[C@@H](Oc3ccc(-c4cn(C)cn4)cc3C(N)=O)C[C@H]2C)cc1. The molecule has 0 saturated carbocycles. The molecule has 2 amide bonds. The lowest BCUT2D eigenvalue weighted by atomic mass is 9.91. The van der Waals surface area contributed by atoms with Crippen molar-refractivity contribution in [2.75, 3.05) is 6.54 Å². The number of aromatic nitrogens is 2. The highest BCUT2D eigenvalue weighted by Crippen LogP contribution is 2.31. The van der Waals surface area contributed by atoms with Gasteiger partial charge in [-0.3, -0.25) is 9.59 Å². The van der Waals surface area contributed by atoms with Gasteiger partial charge in [-0.2, -0.15) is 0 Å². The van der Waals surface area contributed by atoms with E-state index in [4.69, 9.17) is 10.5 Å². The Labute approximate surface area is 200 Å². The summed E-state index contributed by atoms with van der Waals surface area (Å²) in [6.07, 6.45) is 4.54. The number of benzene rings is 2. The highest BCUT2D eigenvalue weighted by molar-refractivity contribution is 5.97. The summed E-state index contributed by atoms with van der Waals surface area (Å²) in [7, 11) is 1.89. The maximum atomic E-state index is 13.0. The number of likely N-dealkylation sites (tertiary alicyclic amines) is 1. The van der Waals surface area contributed by atoms with E-state index in [-0.39, 0.29) is 24.0 Å². The number of carbonyl (C=O) groups excluding carboxylic acids is 2. The van der Waals surface area contributed by atoms with Crippen LogP contribution < -0.4 is 10.5 Å². The molecule has 178 valence electrons. The van der Waals surface area contributed by atoms with Gasteiger partial charge in [0.15, 0.2) is 0 Å². The first-order valence-corrected chi connectivity index (χ1v) is 11.6. The summed E-state index contributed by atoms with van der Waals surface area (Å²) < 4.78 is 8.17. The Morgan fingerprint density at radius 1 is 1.15 bits per heavy atom. The molecule has 7 nitrogen and oxygen atoms in total. The van der Waals surface area contributed by atoms with Gasteiger partial charge in [-0.05, 0) is 37.6 Å². The molecule has 1 fully saturated rings. The third-order valence-corrected chi connectivity index (χ3v) is 6.55. The van der Waals surface area contributed by atoms with Crippen molar-refractivity contribution in [3.8, 4) is 17.0 Å². The van der Waals surface area contributed by atoms with Crippen LogP contribution in [0.15, 0.2) is 55.0 Å². The number of rotatable bonds is 6. The highest BCUT2D eigenvalue weighted by Gasteiger charge is 2.35. The molecule has 2 N–H and O–H groups in total. The Bertz CT molecular complexity index is 1180. The molecule has 0 bridgehead atoms. The predicted molar refractivity (Wildman–Crippen MR) is 131 cm³/mol. The molecular formula is C27H32N4O3. The fraction of sp³-hybridized carbons (Fsp3) is 0.370. The molecule has 0 aliphatic carbocycles. The van der Waals surface area contributed by atoms with Crippen LogP contribution in [0.25, 0.3) is 11.3 Å². The number of nitrogens with zero attached hydrogens (tertiary/aromatic N) is 3. The zero-order valence-corrected chi connectivity index (χ0v) is 20.2. The predicted octanol–water partition coefficient (Wildman–Crippen LogP) is 3.74. The van der Waals surface area contributed by atoms with Crippen molar-refractivity contribution in [3.05, 3.63) is 71.7 Å². The van der Waals surface area contributed by atoms with E-state index in [0.717, 1.165) is 16.8 Å². The molecule has 2 heterocycles. The second-order valence-corrected chi connectivity index (χ2v) is 9.43. The van der Waals surface area contributed by atoms with E-state index in [2.05, 4.69) is 18.8 Å². The van der Waals surface area contributed by atoms with Crippen molar-refractivity contribution in [2.45, 2.75) is 45.8 Å². The molecule has 7 heteroatoms. The van der Waals surface area contributed by atoms with Crippen LogP contribution in [0.4, 0.5) is 0 Å². The van der Waals surface area contributed by atoms with Gasteiger partial charge >= 0.3 is 0 Å². The minimum atomic E-state index is -0.542. The Kier molecular flexibility index (Phi) is 6.72. The molecule has 1 saturated heterocycles. The summed E-state index contributed by atoms with van der Waals surface area (Å²) in [5, 5.41) is 0. The van der Waals surface area contributed by atoms with Crippen LogP contribution in [0.3, 0.4) is 0 Å². The minimum absolute atomic E-state index is 0.0315. The fourth-order valence-electron chi connectivity index (χ4n) is 4.51. The molecule has 2 aromatic carbocycles. The van der Waals surface area contributed by atoms with Crippen molar-refractivity contribution in [3.63, 3.8) is 0 Å². The number of hydrogen-bond donors (Lipinski definition) is 1. The second kappa shape index (κ2) is 9.71. The molecule has 1 aliphatic heterocycles. The molecule has 4 rings (SSSR count). The van der Waals surface area contributed by atoms with Crippen molar-refractivity contribution in [2.24, 2.45) is 18.7 Å². The minimum Gasteiger partial charge on any atom is -0.489 e. The molecule has 0 radical (unpaired) electrons. The van der Waals surface area contributed by atoms with Gasteiger partial charge in [0.25, 0.3) is 5.91 Å². The lowest BCUT2D eigenvalue weighted by Gasteiger charge is -2.41. The Balaban J connectivity index is 1.46. The molecule has 0 unspecified atom stereocenters. The van der Waals surface area contributed by atoms with E-state index in [1.807, 2.05) is 60.0 Å². The van der Waals surface area contributed by atoms with E-state index < -0.39 is 5.91 Å². The number of amides is 2. The summed E-state index contributed by atoms with van der Waals surface area (Å²) in [4.78, 5) is 31.5. The highest BCUT2D eigenvalue weighted by atomic mass is 16.5. The fourth-order valence-corrected chi connectivity index (χ4v) is 4.51. The first-order chi connectivity index (χ1) is 16.2. The van der Waals surface area contributed by atoms with Gasteiger partial charge in [-0.25, -0.2) is 4.98 Å². The first-order valence-electron chi connectivity index (χ1n) is 11.6. The summed E-state index contributed by atoms with van der Waals surface area (Å²) in [6.45, 7) is 6.77. The number of ether oxygens (including phenoxy) is 1. The van der Waals surface area contributed by atoms with Gasteiger partial charge in [-0.15, -0.1) is 0 Å². The molecule has 1 aromatic heterocycles. The van der Waals surface area contributed by atoms with E-state index >= 15 is 0 Å². The van der Waals surface area contributed by atoms with Gasteiger partial charge in [0.1, 0.15) is 11.9 Å². The summed E-state index contributed by atoms with van der Waals surface area (Å²) in [6, 6.07) is 13.5. The van der Waals surface area contributed by atoms with Gasteiger partial charge in [0, 0.05) is 43.7 Å². The number of imidazole rings is 1. The average molecular weight is 461 g/mol. The van der Waals surface area contributed by atoms with Gasteiger partial charge in [0.2, 0.25) is 5.91 Å². The Morgan fingerprint density at radius 2 is 1.88 bits per heavy atom. The normalized spacial score (nSPS) is 20.2. The summed E-state index contributed by atoms with van der Waals surface area (Å²) in [5.41, 5.74) is 9.78. The van der Waals surface area contributed by atoms with Crippen molar-refractivity contribution >= 4 is 11.8 Å². The maximum Gasteiger partial charge on any atom is 0.252 e. The monoisotopic (exact) mass is 460 g/mol. The number of nitrogens with two attached hydrogens (primary N) is 1. The van der Waals surface area contributed by atoms with Crippen molar-refractivity contribution in [1.29, 1.82) is 0 Å². The molecule has 3 aromatic rings. The second-order valence-electron chi connectivity index (χ2n) is 9.43. The standard InChI is InChI=1S/C27H32N4O3/c1-17-5-7-20(8-6-17)12-26(32)31-14-18(2)25(11-19(31)3)34-24-10-9-21(13-22(24)27(28)33)23-15-30(4)16-29-23/h5-10,13,15-16,18-19,25H,11-12,14H2,1-4H3,(H2,28,33)/t18-,19+,25-/m0/s1. The molecule has 1 aliphatic rings. The Morgan fingerprint density at radius 3 is 2.53 bits per heavy atom. The number of carbonyl (C=O) groups is 2. The summed E-state index contributed by atoms with van der Waals surface area (Å²) in [5.74, 6) is 0.156. The lowest BCUT2D eigenvalue weighted by molar-refractivity contribution is -0.136. The van der Waals surface area contributed by atoms with Crippen LogP contribution in [0.5, 0.6) is 5.75 Å². The topological polar surface area (TPSA) is 90.4 Å². The zero-order chi connectivity index (χ0) is 24.4. The van der Waals surface area contributed by atoms with E-state index in [0.29, 0.717) is 30.7 Å². The smallest absolute Gasteiger partial charge is 0.252 e. The van der Waals surface area contributed by atoms with E-state index in [1.54, 1.807) is 18.5 Å². The average Bonchev–Trinajstić information content (AvgIpc) is 3.24. The Hall–Kier alpha value is -3.61. The van der Waals surface area contributed by atoms with Crippen LogP contribution >= 0.6 is 0 Å². The molecule has 34 heavy (non-hydrogen) atoms. The molecule has 0 spiro atoms. The maximum absolute atomic E-state index is 13.0. The lowest BCUT2D eigenvalue weighted by Crippen LogP contribution is -2.52.